The summed E-state index contributed by atoms with van der Waals surface area (Å²) in [7, 11) is 3.05. The molecule has 3 N–H and O–H groups in total. The lowest BCUT2D eigenvalue weighted by molar-refractivity contribution is -0.136. The van der Waals surface area contributed by atoms with E-state index in [-0.39, 0.29) is 25.0 Å². The van der Waals surface area contributed by atoms with Crippen LogP contribution in [-0.4, -0.2) is 48.9 Å². The Kier molecular flexibility index (Phi) is 5.92. The highest BCUT2D eigenvalue weighted by Gasteiger charge is 2.12. The summed E-state index contributed by atoms with van der Waals surface area (Å²) in [6.45, 7) is -0.140. The largest absolute Gasteiger partial charge is 0.484 e. The van der Waals surface area contributed by atoms with Gasteiger partial charge in [-0.05, 0) is 24.3 Å². The number of nitrogens with two attached hydrogens (primary N) is 1. The van der Waals surface area contributed by atoms with Crippen LogP contribution in [0.2, 0.25) is 0 Å². The molecule has 0 unspecified atom stereocenters. The first-order chi connectivity index (χ1) is 9.43. The van der Waals surface area contributed by atoms with Gasteiger partial charge in [-0.25, -0.2) is 0 Å². The number of carbonyl (C=O) groups is 2. The van der Waals surface area contributed by atoms with Crippen LogP contribution in [0, 0.1) is 0 Å². The molecule has 0 fully saturated rings. The summed E-state index contributed by atoms with van der Waals surface area (Å²) < 4.78 is 5.33. The molecular formula is C13H17N3O3S. The number of nitrogens with one attached hydrogen (secondary N) is 1. The van der Waals surface area contributed by atoms with E-state index in [0.29, 0.717) is 10.7 Å². The summed E-state index contributed by atoms with van der Waals surface area (Å²) in [4.78, 5) is 24.5. The number of likely N-dealkylation sites (N-methyl/N-ethyl adjacent to an activating group) is 2. The molecule has 0 aliphatic heterocycles. The Balaban J connectivity index is 2.48. The van der Waals surface area contributed by atoms with Gasteiger partial charge in [0.2, 0.25) is 5.91 Å². The number of nitrogens with zero attached hydrogens (tertiary/aromatic N) is 1. The van der Waals surface area contributed by atoms with Crippen molar-refractivity contribution in [3.63, 3.8) is 0 Å². The molecule has 20 heavy (non-hydrogen) atoms. The van der Waals surface area contributed by atoms with Gasteiger partial charge in [0.25, 0.3) is 5.91 Å². The first-order valence-electron chi connectivity index (χ1n) is 5.91. The minimum Gasteiger partial charge on any atom is -0.484 e. The van der Waals surface area contributed by atoms with E-state index in [0.717, 1.165) is 5.56 Å². The number of rotatable bonds is 6. The maximum Gasteiger partial charge on any atom is 0.260 e. The lowest BCUT2D eigenvalue weighted by Gasteiger charge is -2.16. The van der Waals surface area contributed by atoms with E-state index in [4.69, 9.17) is 22.7 Å². The molecule has 0 atom stereocenters. The number of hydrogen-bond donors (Lipinski definition) is 2. The fraction of sp³-hybridized carbons (Fsp3) is 0.308. The van der Waals surface area contributed by atoms with Crippen molar-refractivity contribution in [2.45, 2.75) is 0 Å². The molecule has 6 nitrogen and oxygen atoms in total. The van der Waals surface area contributed by atoms with Crippen molar-refractivity contribution in [1.82, 2.24) is 10.2 Å². The van der Waals surface area contributed by atoms with Crippen molar-refractivity contribution >= 4 is 29.0 Å². The highest BCUT2D eigenvalue weighted by atomic mass is 32.1. The van der Waals surface area contributed by atoms with Gasteiger partial charge in [-0.3, -0.25) is 9.59 Å². The zero-order valence-electron chi connectivity index (χ0n) is 11.4. The Morgan fingerprint density at radius 2 is 1.95 bits per heavy atom. The molecule has 1 aromatic rings. The number of benzene rings is 1. The van der Waals surface area contributed by atoms with E-state index in [1.807, 2.05) is 0 Å². The topological polar surface area (TPSA) is 84.7 Å². The number of thiocarbonyl (C=S) groups is 1. The summed E-state index contributed by atoms with van der Waals surface area (Å²) in [5, 5.41) is 2.44. The summed E-state index contributed by atoms with van der Waals surface area (Å²) in [5.41, 5.74) is 6.21. The van der Waals surface area contributed by atoms with E-state index in [1.54, 1.807) is 24.3 Å². The SMILES string of the molecule is CNC(=O)CN(C)C(=O)COc1ccc(C(N)=S)cc1. The molecule has 0 heterocycles. The lowest BCUT2D eigenvalue weighted by atomic mass is 10.2. The van der Waals surface area contributed by atoms with Gasteiger partial charge >= 0.3 is 0 Å². The second-order valence-electron chi connectivity index (χ2n) is 4.10. The Labute approximate surface area is 122 Å². The Hall–Kier alpha value is -2.15. The summed E-state index contributed by atoms with van der Waals surface area (Å²) >= 11 is 4.84. The molecule has 0 bridgehead atoms. The third kappa shape index (κ3) is 4.85. The quantitative estimate of drug-likeness (QED) is 0.716. The molecule has 108 valence electrons. The smallest absolute Gasteiger partial charge is 0.260 e. The number of hydrogen-bond acceptors (Lipinski definition) is 4. The van der Waals surface area contributed by atoms with E-state index < -0.39 is 0 Å². The predicted octanol–water partition coefficient (Wildman–Crippen LogP) is -0.0960. The number of amides is 2. The molecular weight excluding hydrogens is 278 g/mol. The molecule has 0 saturated heterocycles. The maximum atomic E-state index is 11.7. The van der Waals surface area contributed by atoms with Gasteiger partial charge in [0, 0.05) is 19.7 Å². The maximum absolute atomic E-state index is 11.7. The second-order valence-corrected chi connectivity index (χ2v) is 4.54. The second kappa shape index (κ2) is 7.44. The Morgan fingerprint density at radius 3 is 2.45 bits per heavy atom. The molecule has 2 amide bonds. The van der Waals surface area contributed by atoms with E-state index >= 15 is 0 Å². The van der Waals surface area contributed by atoms with Crippen LogP contribution in [0.5, 0.6) is 5.75 Å². The van der Waals surface area contributed by atoms with Gasteiger partial charge in [-0.15, -0.1) is 0 Å². The average Bonchev–Trinajstić information content (AvgIpc) is 2.44. The van der Waals surface area contributed by atoms with Crippen LogP contribution in [0.3, 0.4) is 0 Å². The molecule has 0 radical (unpaired) electrons. The van der Waals surface area contributed by atoms with E-state index in [1.165, 1.54) is 19.0 Å². The van der Waals surface area contributed by atoms with Crippen molar-refractivity contribution in [2.75, 3.05) is 27.2 Å². The third-order valence-electron chi connectivity index (χ3n) is 2.59. The summed E-state index contributed by atoms with van der Waals surface area (Å²) in [5.74, 6) is 0.0142. The van der Waals surface area contributed by atoms with Crippen molar-refractivity contribution in [2.24, 2.45) is 5.73 Å². The van der Waals surface area contributed by atoms with Crippen LogP contribution >= 0.6 is 12.2 Å². The van der Waals surface area contributed by atoms with Crippen LogP contribution < -0.4 is 15.8 Å². The van der Waals surface area contributed by atoms with Gasteiger partial charge in [0.1, 0.15) is 10.7 Å². The van der Waals surface area contributed by atoms with Gasteiger partial charge in [-0.2, -0.15) is 0 Å². The standard InChI is InChI=1S/C13H17N3O3S/c1-15-11(17)7-16(2)12(18)8-19-10-5-3-9(4-6-10)13(14)20/h3-6H,7-8H2,1-2H3,(H2,14,20)(H,15,17). The van der Waals surface area contributed by atoms with Crippen molar-refractivity contribution in [3.8, 4) is 5.75 Å². The summed E-state index contributed by atoms with van der Waals surface area (Å²) in [6.07, 6.45) is 0. The lowest BCUT2D eigenvalue weighted by Crippen LogP contribution is -2.39. The minimum atomic E-state index is -0.285. The number of carbonyl (C=O) groups excluding carboxylic acids is 2. The fourth-order valence-corrected chi connectivity index (χ4v) is 1.49. The van der Waals surface area contributed by atoms with E-state index in [9.17, 15) is 9.59 Å². The van der Waals surface area contributed by atoms with Crippen molar-refractivity contribution < 1.29 is 14.3 Å². The van der Waals surface area contributed by atoms with Crippen LogP contribution in [0.1, 0.15) is 5.56 Å². The average molecular weight is 295 g/mol. The summed E-state index contributed by atoms with van der Waals surface area (Å²) in [6, 6.07) is 6.80. The molecule has 1 aromatic carbocycles. The molecule has 0 aliphatic rings. The Morgan fingerprint density at radius 1 is 1.35 bits per heavy atom. The van der Waals surface area contributed by atoms with Gasteiger partial charge in [-0.1, -0.05) is 12.2 Å². The van der Waals surface area contributed by atoms with Gasteiger partial charge in [0.15, 0.2) is 6.61 Å². The zero-order valence-corrected chi connectivity index (χ0v) is 12.2. The number of ether oxygens (including phenoxy) is 1. The molecule has 7 heteroatoms. The van der Waals surface area contributed by atoms with Gasteiger partial charge in [0.05, 0.1) is 6.54 Å². The van der Waals surface area contributed by atoms with Crippen LogP contribution in [0.15, 0.2) is 24.3 Å². The highest BCUT2D eigenvalue weighted by molar-refractivity contribution is 7.80. The highest BCUT2D eigenvalue weighted by Crippen LogP contribution is 2.12. The van der Waals surface area contributed by atoms with Crippen LogP contribution in [0.4, 0.5) is 0 Å². The van der Waals surface area contributed by atoms with Gasteiger partial charge < -0.3 is 20.7 Å². The monoisotopic (exact) mass is 295 g/mol. The normalized spacial score (nSPS) is 9.70. The third-order valence-corrected chi connectivity index (χ3v) is 2.82. The van der Waals surface area contributed by atoms with E-state index in [2.05, 4.69) is 5.32 Å². The molecule has 0 saturated carbocycles. The van der Waals surface area contributed by atoms with Crippen LogP contribution in [-0.2, 0) is 9.59 Å². The Bertz CT molecular complexity index is 502. The van der Waals surface area contributed by atoms with Crippen LogP contribution in [0.25, 0.3) is 0 Å². The first kappa shape index (κ1) is 15.9. The first-order valence-corrected chi connectivity index (χ1v) is 6.32. The molecule has 0 aliphatic carbocycles. The van der Waals surface area contributed by atoms with Crippen molar-refractivity contribution in [3.05, 3.63) is 29.8 Å². The fourth-order valence-electron chi connectivity index (χ4n) is 1.35. The predicted molar refractivity (Wildman–Crippen MR) is 79.5 cm³/mol. The molecule has 1 rings (SSSR count). The van der Waals surface area contributed by atoms with Crippen molar-refractivity contribution in [1.29, 1.82) is 0 Å². The molecule has 0 spiro atoms. The molecule has 0 aromatic heterocycles. The minimum absolute atomic E-state index is 0.000918. The zero-order chi connectivity index (χ0) is 15.1.